The Bertz CT molecular complexity index is 436. The normalized spacial score (nSPS) is 22.5. The van der Waals surface area contributed by atoms with Gasteiger partial charge in [0.1, 0.15) is 11.6 Å². The van der Waals surface area contributed by atoms with Crippen molar-refractivity contribution in [2.24, 2.45) is 0 Å². The van der Waals surface area contributed by atoms with Crippen LogP contribution in [0.2, 0.25) is 0 Å². The molecule has 0 aromatic carbocycles. The van der Waals surface area contributed by atoms with E-state index in [2.05, 4.69) is 36.0 Å². The Hall–Kier alpha value is -1.16. The number of hydrogen-bond donors (Lipinski definition) is 1. The van der Waals surface area contributed by atoms with Crippen molar-refractivity contribution in [1.29, 1.82) is 0 Å². The van der Waals surface area contributed by atoms with Gasteiger partial charge in [0.05, 0.1) is 6.20 Å². The smallest absolute Gasteiger partial charge is 0.141 e. The molecule has 112 valence electrons. The van der Waals surface area contributed by atoms with Crippen molar-refractivity contribution in [3.05, 3.63) is 23.6 Å². The molecule has 0 spiro atoms. The quantitative estimate of drug-likeness (QED) is 0.808. The highest BCUT2D eigenvalue weighted by molar-refractivity contribution is 5.50. The maximum absolute atomic E-state index is 13.5. The second-order valence-electron chi connectivity index (χ2n) is 5.71. The Morgan fingerprint density at radius 2 is 2.20 bits per heavy atom. The first-order chi connectivity index (χ1) is 9.67. The van der Waals surface area contributed by atoms with Crippen molar-refractivity contribution in [2.45, 2.75) is 65.1 Å². The van der Waals surface area contributed by atoms with Crippen LogP contribution in [-0.2, 0) is 6.54 Å². The van der Waals surface area contributed by atoms with Crippen LogP contribution in [0.4, 0.5) is 10.2 Å². The summed E-state index contributed by atoms with van der Waals surface area (Å²) in [7, 11) is 0. The lowest BCUT2D eigenvalue weighted by atomic mass is 10.1. The van der Waals surface area contributed by atoms with E-state index in [0.29, 0.717) is 18.6 Å². The van der Waals surface area contributed by atoms with Crippen molar-refractivity contribution in [3.8, 4) is 0 Å². The molecule has 1 aliphatic rings. The van der Waals surface area contributed by atoms with E-state index in [-0.39, 0.29) is 5.82 Å². The van der Waals surface area contributed by atoms with Crippen LogP contribution in [0.25, 0.3) is 0 Å². The number of anilines is 1. The molecule has 20 heavy (non-hydrogen) atoms. The lowest BCUT2D eigenvalue weighted by Crippen LogP contribution is -2.36. The van der Waals surface area contributed by atoms with Gasteiger partial charge in [-0.25, -0.2) is 9.37 Å². The predicted octanol–water partition coefficient (Wildman–Crippen LogP) is 3.49. The van der Waals surface area contributed by atoms with Gasteiger partial charge in [-0.1, -0.05) is 13.8 Å². The summed E-state index contributed by atoms with van der Waals surface area (Å²) in [4.78, 5) is 6.79. The largest absolute Gasteiger partial charge is 0.351 e. The van der Waals surface area contributed by atoms with Crippen LogP contribution in [0, 0.1) is 5.82 Å². The van der Waals surface area contributed by atoms with Gasteiger partial charge in [-0.3, -0.25) is 0 Å². The standard InChI is InChI=1S/C16H26FN3/c1-4-8-18-10-13-9-14(17)11-19-16(13)20-12(3)6-7-15(20)5-2/h9,11-12,15,18H,4-8,10H2,1-3H3. The molecule has 4 heteroatoms. The number of nitrogens with one attached hydrogen (secondary N) is 1. The molecule has 2 rings (SSSR count). The Morgan fingerprint density at radius 3 is 2.90 bits per heavy atom. The lowest BCUT2D eigenvalue weighted by Gasteiger charge is -2.31. The van der Waals surface area contributed by atoms with Gasteiger partial charge in [-0.2, -0.15) is 0 Å². The second kappa shape index (κ2) is 7.02. The molecule has 1 aliphatic heterocycles. The number of rotatable bonds is 6. The second-order valence-corrected chi connectivity index (χ2v) is 5.71. The van der Waals surface area contributed by atoms with Gasteiger partial charge < -0.3 is 10.2 Å². The van der Waals surface area contributed by atoms with Crippen LogP contribution in [0.15, 0.2) is 12.3 Å². The molecule has 1 aromatic rings. The minimum Gasteiger partial charge on any atom is -0.351 e. The summed E-state index contributed by atoms with van der Waals surface area (Å²) in [6.07, 6.45) is 5.94. The van der Waals surface area contributed by atoms with Gasteiger partial charge in [-0.05, 0) is 45.2 Å². The molecule has 1 fully saturated rings. The third kappa shape index (κ3) is 3.29. The molecule has 2 atom stereocenters. The Balaban J connectivity index is 2.25. The summed E-state index contributed by atoms with van der Waals surface area (Å²) in [6, 6.07) is 2.65. The minimum atomic E-state index is -0.248. The fourth-order valence-electron chi connectivity index (χ4n) is 3.09. The van der Waals surface area contributed by atoms with Crippen molar-refractivity contribution in [3.63, 3.8) is 0 Å². The number of nitrogens with zero attached hydrogens (tertiary/aromatic N) is 2. The number of hydrogen-bond acceptors (Lipinski definition) is 3. The van der Waals surface area contributed by atoms with Crippen molar-refractivity contribution >= 4 is 5.82 Å². The highest BCUT2D eigenvalue weighted by Gasteiger charge is 2.31. The van der Waals surface area contributed by atoms with Gasteiger partial charge in [0, 0.05) is 24.2 Å². The van der Waals surface area contributed by atoms with E-state index in [4.69, 9.17) is 0 Å². The number of pyridine rings is 1. The first kappa shape index (κ1) is 15.2. The topological polar surface area (TPSA) is 28.2 Å². The fraction of sp³-hybridized carbons (Fsp3) is 0.688. The monoisotopic (exact) mass is 279 g/mol. The number of aromatic nitrogens is 1. The van der Waals surface area contributed by atoms with Gasteiger partial charge in [0.2, 0.25) is 0 Å². The zero-order valence-electron chi connectivity index (χ0n) is 12.8. The average molecular weight is 279 g/mol. The molecule has 1 N–H and O–H groups in total. The van der Waals surface area contributed by atoms with E-state index < -0.39 is 0 Å². The highest BCUT2D eigenvalue weighted by atomic mass is 19.1. The molecule has 1 aromatic heterocycles. The maximum Gasteiger partial charge on any atom is 0.141 e. The highest BCUT2D eigenvalue weighted by Crippen LogP contribution is 2.32. The SMILES string of the molecule is CCCNCc1cc(F)cnc1N1C(C)CCC1CC. The van der Waals surface area contributed by atoms with E-state index >= 15 is 0 Å². The summed E-state index contributed by atoms with van der Waals surface area (Å²) < 4.78 is 13.5. The van der Waals surface area contributed by atoms with Crippen LogP contribution >= 0.6 is 0 Å². The molecular weight excluding hydrogens is 253 g/mol. The Kier molecular flexibility index (Phi) is 5.35. The van der Waals surface area contributed by atoms with E-state index in [9.17, 15) is 4.39 Å². The lowest BCUT2D eigenvalue weighted by molar-refractivity contribution is 0.591. The summed E-state index contributed by atoms with van der Waals surface area (Å²) in [5.74, 6) is 0.716. The van der Waals surface area contributed by atoms with E-state index in [1.165, 1.54) is 19.0 Å². The van der Waals surface area contributed by atoms with E-state index in [1.54, 1.807) is 6.07 Å². The zero-order valence-corrected chi connectivity index (χ0v) is 12.8. The van der Waals surface area contributed by atoms with E-state index in [0.717, 1.165) is 30.8 Å². The Labute approximate surface area is 121 Å². The number of halogens is 1. The van der Waals surface area contributed by atoms with Crippen LogP contribution in [0.1, 0.15) is 52.0 Å². The zero-order chi connectivity index (χ0) is 14.5. The molecule has 1 saturated heterocycles. The molecule has 0 bridgehead atoms. The Morgan fingerprint density at radius 1 is 1.40 bits per heavy atom. The van der Waals surface area contributed by atoms with Crippen molar-refractivity contribution in [2.75, 3.05) is 11.4 Å². The molecule has 0 aliphatic carbocycles. The van der Waals surface area contributed by atoms with Gasteiger partial charge >= 0.3 is 0 Å². The molecule has 0 amide bonds. The molecule has 0 saturated carbocycles. The van der Waals surface area contributed by atoms with Gasteiger partial charge in [0.15, 0.2) is 0 Å². The van der Waals surface area contributed by atoms with Crippen LogP contribution in [0.5, 0.6) is 0 Å². The van der Waals surface area contributed by atoms with Gasteiger partial charge in [0.25, 0.3) is 0 Å². The first-order valence-electron chi connectivity index (χ1n) is 7.80. The first-order valence-corrected chi connectivity index (χ1v) is 7.80. The summed E-state index contributed by atoms with van der Waals surface area (Å²) in [6.45, 7) is 8.22. The predicted molar refractivity (Wildman–Crippen MR) is 81.4 cm³/mol. The van der Waals surface area contributed by atoms with Crippen molar-refractivity contribution in [1.82, 2.24) is 10.3 Å². The van der Waals surface area contributed by atoms with Gasteiger partial charge in [-0.15, -0.1) is 0 Å². The molecule has 3 nitrogen and oxygen atoms in total. The average Bonchev–Trinajstić information content (AvgIpc) is 2.80. The summed E-state index contributed by atoms with van der Waals surface area (Å²) in [5.41, 5.74) is 0.977. The summed E-state index contributed by atoms with van der Waals surface area (Å²) in [5, 5.41) is 3.36. The van der Waals surface area contributed by atoms with E-state index in [1.807, 2.05) is 0 Å². The van der Waals surface area contributed by atoms with Crippen LogP contribution in [0.3, 0.4) is 0 Å². The van der Waals surface area contributed by atoms with Crippen LogP contribution < -0.4 is 10.2 Å². The van der Waals surface area contributed by atoms with Crippen LogP contribution in [-0.4, -0.2) is 23.6 Å². The third-order valence-electron chi connectivity index (χ3n) is 4.15. The fourth-order valence-corrected chi connectivity index (χ4v) is 3.09. The molecule has 0 radical (unpaired) electrons. The summed E-state index contributed by atoms with van der Waals surface area (Å²) >= 11 is 0. The third-order valence-corrected chi connectivity index (χ3v) is 4.15. The molecule has 2 unspecified atom stereocenters. The maximum atomic E-state index is 13.5. The molecule has 2 heterocycles. The van der Waals surface area contributed by atoms with Crippen molar-refractivity contribution < 1.29 is 4.39 Å². The minimum absolute atomic E-state index is 0.248. The molecular formula is C16H26FN3.